The zero-order valence-electron chi connectivity index (χ0n) is 9.28. The van der Waals surface area contributed by atoms with E-state index in [0.717, 1.165) is 11.1 Å². The van der Waals surface area contributed by atoms with Gasteiger partial charge in [-0.1, -0.05) is 6.07 Å². The van der Waals surface area contributed by atoms with Crippen LogP contribution in [0.4, 0.5) is 4.39 Å². The summed E-state index contributed by atoms with van der Waals surface area (Å²) < 4.78 is 19.3. The number of hydrogen-bond acceptors (Lipinski definition) is 2. The molecular weight excluding hydrogens is 285 g/mol. The fraction of sp³-hybridized carbons (Fsp3) is 0.154. The first-order valence-corrected chi connectivity index (χ1v) is 5.94. The summed E-state index contributed by atoms with van der Waals surface area (Å²) in [4.78, 5) is 4.05. The molecule has 0 fully saturated rings. The van der Waals surface area contributed by atoms with Crippen LogP contribution in [0.15, 0.2) is 41.1 Å². The van der Waals surface area contributed by atoms with Gasteiger partial charge < -0.3 is 4.74 Å². The largest absolute Gasteiger partial charge is 0.486 e. The van der Waals surface area contributed by atoms with Crippen LogP contribution in [-0.2, 0) is 6.61 Å². The van der Waals surface area contributed by atoms with E-state index in [1.54, 1.807) is 18.3 Å². The lowest BCUT2D eigenvalue weighted by molar-refractivity contribution is 0.301. The van der Waals surface area contributed by atoms with Crippen molar-refractivity contribution in [2.45, 2.75) is 13.5 Å². The van der Waals surface area contributed by atoms with Gasteiger partial charge in [0.05, 0.1) is 0 Å². The van der Waals surface area contributed by atoms with Crippen LogP contribution < -0.4 is 4.74 Å². The lowest BCUT2D eigenvalue weighted by Crippen LogP contribution is -1.99. The Kier molecular flexibility index (Phi) is 3.74. The molecule has 0 saturated heterocycles. The zero-order valence-corrected chi connectivity index (χ0v) is 10.9. The van der Waals surface area contributed by atoms with Gasteiger partial charge in [0.25, 0.3) is 0 Å². The van der Waals surface area contributed by atoms with Gasteiger partial charge in [-0.05, 0) is 58.2 Å². The van der Waals surface area contributed by atoms with E-state index in [0.29, 0.717) is 17.0 Å². The second-order valence-corrected chi connectivity index (χ2v) is 4.40. The van der Waals surface area contributed by atoms with Crippen molar-refractivity contribution in [3.63, 3.8) is 0 Å². The lowest BCUT2D eigenvalue weighted by Gasteiger charge is -2.09. The number of aryl methyl sites for hydroxylation is 1. The van der Waals surface area contributed by atoms with Crippen molar-refractivity contribution in [3.8, 4) is 5.75 Å². The maximum atomic E-state index is 13.1. The highest BCUT2D eigenvalue weighted by Crippen LogP contribution is 2.22. The van der Waals surface area contributed by atoms with Gasteiger partial charge >= 0.3 is 0 Å². The molecule has 0 spiro atoms. The van der Waals surface area contributed by atoms with Crippen LogP contribution in [0.2, 0.25) is 0 Å². The molecule has 88 valence electrons. The summed E-state index contributed by atoms with van der Waals surface area (Å²) in [5.74, 6) is 0.399. The van der Waals surface area contributed by atoms with Crippen LogP contribution in [0, 0.1) is 12.7 Å². The molecule has 2 rings (SSSR count). The Morgan fingerprint density at radius 2 is 2.18 bits per heavy atom. The van der Waals surface area contributed by atoms with E-state index < -0.39 is 0 Å². The summed E-state index contributed by atoms with van der Waals surface area (Å²) in [7, 11) is 0. The maximum absolute atomic E-state index is 13.1. The highest BCUT2D eigenvalue weighted by Gasteiger charge is 2.04. The van der Waals surface area contributed by atoms with Crippen molar-refractivity contribution in [2.24, 2.45) is 0 Å². The molecule has 0 saturated carbocycles. The average molecular weight is 296 g/mol. The summed E-state index contributed by atoms with van der Waals surface area (Å²) in [5, 5.41) is 0. The van der Waals surface area contributed by atoms with Gasteiger partial charge in [0.2, 0.25) is 0 Å². The Hall–Kier alpha value is -1.42. The van der Waals surface area contributed by atoms with Crippen molar-refractivity contribution in [1.82, 2.24) is 4.98 Å². The van der Waals surface area contributed by atoms with Gasteiger partial charge in [-0.2, -0.15) is 0 Å². The molecule has 0 unspecified atom stereocenters. The Morgan fingerprint density at radius 1 is 1.35 bits per heavy atom. The van der Waals surface area contributed by atoms with Gasteiger partial charge in [-0.3, -0.25) is 0 Å². The van der Waals surface area contributed by atoms with Crippen molar-refractivity contribution >= 4 is 15.9 Å². The van der Waals surface area contributed by atoms with Gasteiger partial charge in [0, 0.05) is 6.20 Å². The van der Waals surface area contributed by atoms with Crippen LogP contribution in [0.3, 0.4) is 0 Å². The summed E-state index contributed by atoms with van der Waals surface area (Å²) in [6.07, 6.45) is 1.67. The number of rotatable bonds is 3. The minimum absolute atomic E-state index is 0.251. The van der Waals surface area contributed by atoms with E-state index in [1.165, 1.54) is 12.1 Å². The Morgan fingerprint density at radius 3 is 2.94 bits per heavy atom. The standard InChI is InChI=1S/C13H11BrFNO/c1-9-4-5-11(15)7-10(9)8-17-12-3-2-6-16-13(12)14/h2-7H,8H2,1H3. The number of halogens is 2. The molecule has 0 N–H and O–H groups in total. The van der Waals surface area contributed by atoms with Crippen LogP contribution >= 0.6 is 15.9 Å². The molecule has 1 aromatic heterocycles. The van der Waals surface area contributed by atoms with Crippen LogP contribution in [0.1, 0.15) is 11.1 Å². The Bertz CT molecular complexity index is 531. The quantitative estimate of drug-likeness (QED) is 0.802. The van der Waals surface area contributed by atoms with Gasteiger partial charge in [0.1, 0.15) is 17.0 Å². The highest BCUT2D eigenvalue weighted by molar-refractivity contribution is 9.10. The second kappa shape index (κ2) is 5.27. The third-order valence-corrected chi connectivity index (χ3v) is 3.01. The maximum Gasteiger partial charge on any atom is 0.152 e. The first kappa shape index (κ1) is 12.0. The molecule has 0 aliphatic carbocycles. The van der Waals surface area contributed by atoms with Crippen LogP contribution in [0.5, 0.6) is 5.75 Å². The molecular formula is C13H11BrFNO. The van der Waals surface area contributed by atoms with E-state index in [9.17, 15) is 4.39 Å². The minimum Gasteiger partial charge on any atom is -0.486 e. The smallest absolute Gasteiger partial charge is 0.152 e. The monoisotopic (exact) mass is 295 g/mol. The topological polar surface area (TPSA) is 22.1 Å². The van der Waals surface area contributed by atoms with Crippen molar-refractivity contribution < 1.29 is 9.13 Å². The Labute approximate surface area is 108 Å². The normalized spacial score (nSPS) is 10.3. The molecule has 0 radical (unpaired) electrons. The molecule has 2 aromatic rings. The summed E-state index contributed by atoms with van der Waals surface area (Å²) in [6, 6.07) is 8.27. The van der Waals surface area contributed by atoms with Gasteiger partial charge in [0.15, 0.2) is 5.75 Å². The fourth-order valence-corrected chi connectivity index (χ4v) is 1.79. The van der Waals surface area contributed by atoms with Crippen molar-refractivity contribution in [1.29, 1.82) is 0 Å². The first-order valence-electron chi connectivity index (χ1n) is 5.15. The van der Waals surface area contributed by atoms with Crippen molar-refractivity contribution in [3.05, 3.63) is 58.1 Å². The van der Waals surface area contributed by atoms with Gasteiger partial charge in [-0.25, -0.2) is 9.37 Å². The fourth-order valence-electron chi connectivity index (χ4n) is 1.43. The van der Waals surface area contributed by atoms with Crippen LogP contribution in [-0.4, -0.2) is 4.98 Å². The van der Waals surface area contributed by atoms with E-state index in [4.69, 9.17) is 4.74 Å². The second-order valence-electron chi connectivity index (χ2n) is 3.65. The number of hydrogen-bond donors (Lipinski definition) is 0. The van der Waals surface area contributed by atoms with E-state index in [1.807, 2.05) is 13.0 Å². The summed E-state index contributed by atoms with van der Waals surface area (Å²) >= 11 is 3.29. The molecule has 4 heteroatoms. The number of pyridine rings is 1. The van der Waals surface area contributed by atoms with Crippen molar-refractivity contribution in [2.75, 3.05) is 0 Å². The number of aromatic nitrogens is 1. The van der Waals surface area contributed by atoms with E-state index >= 15 is 0 Å². The average Bonchev–Trinajstić information content (AvgIpc) is 2.32. The molecule has 0 atom stereocenters. The molecule has 1 aromatic carbocycles. The molecule has 0 bridgehead atoms. The number of benzene rings is 1. The lowest BCUT2D eigenvalue weighted by atomic mass is 10.1. The minimum atomic E-state index is -0.251. The summed E-state index contributed by atoms with van der Waals surface area (Å²) in [6.45, 7) is 2.25. The van der Waals surface area contributed by atoms with E-state index in [-0.39, 0.29) is 5.82 Å². The highest BCUT2D eigenvalue weighted by atomic mass is 79.9. The SMILES string of the molecule is Cc1ccc(F)cc1COc1cccnc1Br. The zero-order chi connectivity index (χ0) is 12.3. The molecule has 2 nitrogen and oxygen atoms in total. The molecule has 0 amide bonds. The molecule has 17 heavy (non-hydrogen) atoms. The first-order chi connectivity index (χ1) is 8.16. The van der Waals surface area contributed by atoms with E-state index in [2.05, 4.69) is 20.9 Å². The third-order valence-electron chi connectivity index (χ3n) is 2.42. The number of ether oxygens (including phenoxy) is 1. The Balaban J connectivity index is 2.12. The van der Waals surface area contributed by atoms with Gasteiger partial charge in [-0.15, -0.1) is 0 Å². The molecule has 0 aliphatic heterocycles. The van der Waals surface area contributed by atoms with Crippen LogP contribution in [0.25, 0.3) is 0 Å². The molecule has 0 aliphatic rings. The predicted octanol–water partition coefficient (Wildman–Crippen LogP) is 3.87. The molecule has 1 heterocycles. The predicted molar refractivity (Wildman–Crippen MR) is 67.4 cm³/mol. The third kappa shape index (κ3) is 3.03. The summed E-state index contributed by atoms with van der Waals surface area (Å²) in [5.41, 5.74) is 1.84. The number of nitrogens with zero attached hydrogens (tertiary/aromatic N) is 1.